The molecule has 1 unspecified atom stereocenters. The Hall–Kier alpha value is -1.44. The fourth-order valence-corrected chi connectivity index (χ4v) is 5.64. The molecule has 2 amide bonds. The Labute approximate surface area is 260 Å². The average molecular weight is 592 g/mol. The van der Waals surface area contributed by atoms with E-state index in [1.165, 1.54) is 90.0 Å². The Morgan fingerprint density at radius 3 is 1.83 bits per heavy atom. The molecule has 1 heterocycles. The van der Waals surface area contributed by atoms with Gasteiger partial charge in [-0.3, -0.25) is 9.59 Å². The summed E-state index contributed by atoms with van der Waals surface area (Å²) in [6.45, 7) is 12.6. The number of unbranched alkanes of at least 4 members (excludes halogenated alkanes) is 13. The van der Waals surface area contributed by atoms with Crippen LogP contribution in [0.1, 0.15) is 142 Å². The van der Waals surface area contributed by atoms with Crippen LogP contribution in [0.15, 0.2) is 12.2 Å². The van der Waals surface area contributed by atoms with Crippen molar-refractivity contribution in [2.45, 2.75) is 148 Å². The minimum absolute atomic E-state index is 0.00136. The molecule has 246 valence electrons. The van der Waals surface area contributed by atoms with E-state index < -0.39 is 6.04 Å². The number of allylic oxidation sites excluding steroid dienone is 2. The Morgan fingerprint density at radius 2 is 1.24 bits per heavy atom. The van der Waals surface area contributed by atoms with Crippen molar-refractivity contribution < 1.29 is 9.59 Å². The van der Waals surface area contributed by atoms with Crippen molar-refractivity contribution in [1.29, 1.82) is 0 Å². The fraction of sp³-hybridized carbons (Fsp3) is 0.886. The van der Waals surface area contributed by atoms with Crippen LogP contribution >= 0.6 is 0 Å². The predicted octanol–water partition coefficient (Wildman–Crippen LogP) is 6.56. The first kappa shape index (κ1) is 38.6. The highest BCUT2D eigenvalue weighted by molar-refractivity contribution is 5.87. The van der Waals surface area contributed by atoms with Gasteiger partial charge in [-0.05, 0) is 83.8 Å². The van der Waals surface area contributed by atoms with Crippen molar-refractivity contribution in [2.24, 2.45) is 5.73 Å². The second-order valence-electron chi connectivity index (χ2n) is 12.4. The number of nitrogens with one attached hydrogen (secondary N) is 2. The molecule has 0 radical (unpaired) electrons. The normalized spacial score (nSPS) is 15.3. The lowest BCUT2D eigenvalue weighted by Crippen LogP contribution is -2.48. The Morgan fingerprint density at radius 1 is 0.690 bits per heavy atom. The molecule has 7 heteroatoms. The zero-order valence-corrected chi connectivity index (χ0v) is 27.8. The highest BCUT2D eigenvalue weighted by atomic mass is 16.2. The SMILES string of the molecule is CCCCCCCCC=CCCCCCCCC(=O)NC(CCCCN)C(=O)NCCCN1CCN(CCCC)CC1. The molecule has 1 atom stereocenters. The van der Waals surface area contributed by atoms with Crippen LogP contribution in [0, 0.1) is 0 Å². The van der Waals surface area contributed by atoms with Gasteiger partial charge in [0.1, 0.15) is 6.04 Å². The van der Waals surface area contributed by atoms with E-state index in [0.717, 1.165) is 64.8 Å². The van der Waals surface area contributed by atoms with Gasteiger partial charge in [-0.15, -0.1) is 0 Å². The van der Waals surface area contributed by atoms with Crippen LogP contribution in [0.4, 0.5) is 0 Å². The lowest BCUT2D eigenvalue weighted by molar-refractivity contribution is -0.129. The zero-order chi connectivity index (χ0) is 30.5. The second kappa shape index (κ2) is 28.3. The first-order valence-corrected chi connectivity index (χ1v) is 18.0. The smallest absolute Gasteiger partial charge is 0.242 e. The third-order valence-electron chi connectivity index (χ3n) is 8.51. The molecule has 0 saturated carbocycles. The summed E-state index contributed by atoms with van der Waals surface area (Å²) >= 11 is 0. The van der Waals surface area contributed by atoms with E-state index in [1.807, 2.05) is 0 Å². The van der Waals surface area contributed by atoms with E-state index in [2.05, 4.69) is 46.4 Å². The highest BCUT2D eigenvalue weighted by Crippen LogP contribution is 2.11. The number of piperazine rings is 1. The maximum atomic E-state index is 12.9. The summed E-state index contributed by atoms with van der Waals surface area (Å²) in [5.41, 5.74) is 5.66. The van der Waals surface area contributed by atoms with Crippen molar-refractivity contribution in [3.05, 3.63) is 12.2 Å². The molecule has 0 aromatic heterocycles. The molecular weight excluding hydrogens is 522 g/mol. The largest absolute Gasteiger partial charge is 0.354 e. The molecule has 7 nitrogen and oxygen atoms in total. The quantitative estimate of drug-likeness (QED) is 0.0708. The Kier molecular flexibility index (Phi) is 26.0. The van der Waals surface area contributed by atoms with Gasteiger partial charge in [-0.2, -0.15) is 0 Å². The average Bonchev–Trinajstić information content (AvgIpc) is 3.00. The molecule has 1 aliphatic heterocycles. The zero-order valence-electron chi connectivity index (χ0n) is 27.8. The summed E-state index contributed by atoms with van der Waals surface area (Å²) in [5.74, 6) is -0.0456. The molecule has 0 spiro atoms. The van der Waals surface area contributed by atoms with Gasteiger partial charge in [0.25, 0.3) is 0 Å². The van der Waals surface area contributed by atoms with Gasteiger partial charge >= 0.3 is 0 Å². The highest BCUT2D eigenvalue weighted by Gasteiger charge is 2.20. The van der Waals surface area contributed by atoms with Gasteiger partial charge in [0.15, 0.2) is 0 Å². The van der Waals surface area contributed by atoms with Crippen LogP contribution < -0.4 is 16.4 Å². The third kappa shape index (κ3) is 22.1. The summed E-state index contributed by atoms with van der Waals surface area (Å²) in [7, 11) is 0. The van der Waals surface area contributed by atoms with Crippen molar-refractivity contribution in [2.75, 3.05) is 52.4 Å². The second-order valence-corrected chi connectivity index (χ2v) is 12.4. The topological polar surface area (TPSA) is 90.7 Å². The van der Waals surface area contributed by atoms with E-state index in [4.69, 9.17) is 5.73 Å². The molecule has 0 aromatic carbocycles. The molecule has 42 heavy (non-hydrogen) atoms. The number of hydrogen-bond acceptors (Lipinski definition) is 5. The Balaban J connectivity index is 2.13. The molecule has 1 rings (SSSR count). The molecule has 0 aliphatic carbocycles. The van der Waals surface area contributed by atoms with Crippen molar-refractivity contribution >= 4 is 11.8 Å². The molecule has 1 aliphatic rings. The van der Waals surface area contributed by atoms with Gasteiger partial charge < -0.3 is 26.2 Å². The van der Waals surface area contributed by atoms with Crippen LogP contribution in [-0.2, 0) is 9.59 Å². The monoisotopic (exact) mass is 592 g/mol. The minimum Gasteiger partial charge on any atom is -0.354 e. The number of carbonyl (C=O) groups excluding carboxylic acids is 2. The van der Waals surface area contributed by atoms with Gasteiger partial charge in [-0.25, -0.2) is 0 Å². The van der Waals surface area contributed by atoms with Crippen molar-refractivity contribution in [1.82, 2.24) is 20.4 Å². The summed E-state index contributed by atoms with van der Waals surface area (Å²) in [6.07, 6.45) is 27.3. The number of amides is 2. The molecule has 4 N–H and O–H groups in total. The van der Waals surface area contributed by atoms with Gasteiger partial charge in [0.05, 0.1) is 0 Å². The van der Waals surface area contributed by atoms with Crippen LogP contribution in [-0.4, -0.2) is 80.0 Å². The third-order valence-corrected chi connectivity index (χ3v) is 8.51. The lowest BCUT2D eigenvalue weighted by atomic mass is 10.1. The molecule has 0 bridgehead atoms. The van der Waals surface area contributed by atoms with E-state index in [9.17, 15) is 9.59 Å². The molecule has 1 fully saturated rings. The molecule has 1 saturated heterocycles. The summed E-state index contributed by atoms with van der Waals surface area (Å²) in [5, 5.41) is 6.11. The standard InChI is InChI=1S/C35H69N5O2/c1-3-5-7-8-9-10-11-12-13-14-15-16-17-18-19-24-34(41)38-33(23-20-21-25-36)35(42)37-26-22-28-40-31-29-39(30-32-40)27-6-4-2/h12-13,33H,3-11,14-32,36H2,1-2H3,(H,37,42)(H,38,41). The number of nitrogens with zero attached hydrogens (tertiary/aromatic N) is 2. The van der Waals surface area contributed by atoms with Crippen molar-refractivity contribution in [3.8, 4) is 0 Å². The Bertz CT molecular complexity index is 664. The van der Waals surface area contributed by atoms with Gasteiger partial charge in [-0.1, -0.05) is 83.8 Å². The minimum atomic E-state index is -0.450. The summed E-state index contributed by atoms with van der Waals surface area (Å²) in [6, 6.07) is -0.450. The first-order valence-electron chi connectivity index (χ1n) is 18.0. The molecular formula is C35H69N5O2. The van der Waals surface area contributed by atoms with Crippen LogP contribution in [0.3, 0.4) is 0 Å². The first-order chi connectivity index (χ1) is 20.6. The number of nitrogens with two attached hydrogens (primary N) is 1. The summed E-state index contributed by atoms with van der Waals surface area (Å²) in [4.78, 5) is 30.6. The fourth-order valence-electron chi connectivity index (χ4n) is 5.64. The van der Waals surface area contributed by atoms with E-state index in [1.54, 1.807) is 0 Å². The number of rotatable bonds is 28. The maximum Gasteiger partial charge on any atom is 0.242 e. The van der Waals surface area contributed by atoms with Gasteiger partial charge in [0, 0.05) is 39.1 Å². The van der Waals surface area contributed by atoms with E-state index in [0.29, 0.717) is 25.9 Å². The predicted molar refractivity (Wildman–Crippen MR) is 180 cm³/mol. The number of hydrogen-bond donors (Lipinski definition) is 3. The van der Waals surface area contributed by atoms with E-state index in [-0.39, 0.29) is 11.8 Å². The molecule has 0 aromatic rings. The van der Waals surface area contributed by atoms with Crippen LogP contribution in [0.5, 0.6) is 0 Å². The van der Waals surface area contributed by atoms with Gasteiger partial charge in [0.2, 0.25) is 11.8 Å². The summed E-state index contributed by atoms with van der Waals surface area (Å²) < 4.78 is 0. The van der Waals surface area contributed by atoms with Crippen LogP contribution in [0.2, 0.25) is 0 Å². The maximum absolute atomic E-state index is 12.9. The van der Waals surface area contributed by atoms with Crippen molar-refractivity contribution in [3.63, 3.8) is 0 Å². The van der Waals surface area contributed by atoms with Crippen LogP contribution in [0.25, 0.3) is 0 Å². The number of carbonyl (C=O) groups is 2. The van der Waals surface area contributed by atoms with E-state index >= 15 is 0 Å². The lowest BCUT2D eigenvalue weighted by Gasteiger charge is -2.34.